The van der Waals surface area contributed by atoms with Crippen molar-refractivity contribution in [3.63, 3.8) is 0 Å². The Labute approximate surface area is 114 Å². The van der Waals surface area contributed by atoms with E-state index in [1.54, 1.807) is 30.2 Å². The van der Waals surface area contributed by atoms with Gasteiger partial charge in [-0.05, 0) is 24.3 Å². The minimum atomic E-state index is -0.296. The third-order valence-corrected chi connectivity index (χ3v) is 2.71. The van der Waals surface area contributed by atoms with Gasteiger partial charge in [-0.1, -0.05) is 11.3 Å². The van der Waals surface area contributed by atoms with E-state index in [-0.39, 0.29) is 11.6 Å². The van der Waals surface area contributed by atoms with Gasteiger partial charge < -0.3 is 5.32 Å². The Bertz CT molecular complexity index is 731. The first-order valence-corrected chi connectivity index (χ1v) is 6.00. The molecule has 0 bridgehead atoms. The van der Waals surface area contributed by atoms with Crippen molar-refractivity contribution in [2.75, 3.05) is 5.32 Å². The third kappa shape index (κ3) is 2.41. The van der Waals surface area contributed by atoms with Crippen LogP contribution in [0.5, 0.6) is 0 Å². The molecule has 1 aromatic carbocycles. The summed E-state index contributed by atoms with van der Waals surface area (Å²) >= 11 is 0. The van der Waals surface area contributed by atoms with Crippen LogP contribution in [-0.2, 0) is 7.05 Å². The third-order valence-electron chi connectivity index (χ3n) is 2.71. The van der Waals surface area contributed by atoms with Gasteiger partial charge in [-0.25, -0.2) is 4.68 Å². The zero-order valence-corrected chi connectivity index (χ0v) is 10.8. The number of rotatable bonds is 3. The summed E-state index contributed by atoms with van der Waals surface area (Å²) in [5.41, 5.74) is 1.82. The summed E-state index contributed by atoms with van der Waals surface area (Å²) in [6.45, 7) is 0. The number of aryl methyl sites for hydroxylation is 1. The van der Waals surface area contributed by atoms with E-state index in [1.165, 1.54) is 4.68 Å². The molecule has 100 valence electrons. The molecule has 7 heteroatoms. The van der Waals surface area contributed by atoms with Crippen LogP contribution in [0.2, 0.25) is 0 Å². The second kappa shape index (κ2) is 4.96. The van der Waals surface area contributed by atoms with E-state index in [1.807, 2.05) is 30.5 Å². The number of hydrogen-bond acceptors (Lipinski definition) is 4. The van der Waals surface area contributed by atoms with Crippen molar-refractivity contribution in [3.05, 3.63) is 54.6 Å². The van der Waals surface area contributed by atoms with Crippen molar-refractivity contribution < 1.29 is 4.79 Å². The highest BCUT2D eigenvalue weighted by atomic mass is 16.2. The first-order chi connectivity index (χ1) is 9.72. The molecule has 3 aromatic rings. The zero-order chi connectivity index (χ0) is 13.9. The molecule has 2 heterocycles. The minimum absolute atomic E-state index is 0.275. The van der Waals surface area contributed by atoms with E-state index in [0.717, 1.165) is 5.69 Å². The molecular weight excluding hydrogens is 256 g/mol. The zero-order valence-electron chi connectivity index (χ0n) is 10.8. The minimum Gasteiger partial charge on any atom is -0.320 e. The lowest BCUT2D eigenvalue weighted by atomic mass is 10.2. The van der Waals surface area contributed by atoms with Gasteiger partial charge in [-0.2, -0.15) is 5.10 Å². The Kier molecular flexibility index (Phi) is 3.00. The normalized spacial score (nSPS) is 10.4. The topological polar surface area (TPSA) is 77.6 Å². The Morgan fingerprint density at radius 3 is 2.90 bits per heavy atom. The predicted molar refractivity (Wildman–Crippen MR) is 72.5 cm³/mol. The van der Waals surface area contributed by atoms with Crippen molar-refractivity contribution in [1.82, 2.24) is 24.8 Å². The highest BCUT2D eigenvalue weighted by molar-refractivity contribution is 6.02. The maximum Gasteiger partial charge on any atom is 0.277 e. The van der Waals surface area contributed by atoms with Crippen molar-refractivity contribution in [3.8, 4) is 5.69 Å². The molecule has 20 heavy (non-hydrogen) atoms. The standard InChI is InChI=1S/C13H12N6O/c1-18-9-12(16-17-18)13(20)15-10-4-2-5-11(8-10)19-7-3-6-14-19/h2-9H,1H3,(H,15,20). The van der Waals surface area contributed by atoms with E-state index >= 15 is 0 Å². The van der Waals surface area contributed by atoms with Gasteiger partial charge in [0.2, 0.25) is 0 Å². The molecule has 0 saturated heterocycles. The Hall–Kier alpha value is -2.96. The molecule has 0 aliphatic rings. The van der Waals surface area contributed by atoms with Crippen molar-refractivity contribution in [2.24, 2.45) is 7.05 Å². The number of carbonyl (C=O) groups is 1. The molecular formula is C13H12N6O. The molecule has 0 atom stereocenters. The smallest absolute Gasteiger partial charge is 0.277 e. The fraction of sp³-hybridized carbons (Fsp3) is 0.0769. The van der Waals surface area contributed by atoms with Crippen LogP contribution in [-0.4, -0.2) is 30.7 Å². The molecule has 0 aliphatic carbocycles. The van der Waals surface area contributed by atoms with Crippen LogP contribution in [0.4, 0.5) is 5.69 Å². The summed E-state index contributed by atoms with van der Waals surface area (Å²) < 4.78 is 3.20. The highest BCUT2D eigenvalue weighted by Gasteiger charge is 2.10. The first-order valence-electron chi connectivity index (χ1n) is 6.00. The molecule has 2 aromatic heterocycles. The van der Waals surface area contributed by atoms with Gasteiger partial charge in [0, 0.05) is 25.1 Å². The lowest BCUT2D eigenvalue weighted by molar-refractivity contribution is 0.102. The van der Waals surface area contributed by atoms with Gasteiger partial charge in [-0.3, -0.25) is 9.48 Å². The molecule has 0 saturated carbocycles. The summed E-state index contributed by atoms with van der Waals surface area (Å²) in [5.74, 6) is -0.296. The van der Waals surface area contributed by atoms with Crippen molar-refractivity contribution in [1.29, 1.82) is 0 Å². The molecule has 0 unspecified atom stereocenters. The SMILES string of the molecule is Cn1cc(C(=O)Nc2cccc(-n3cccn3)c2)nn1. The Morgan fingerprint density at radius 1 is 1.30 bits per heavy atom. The quantitative estimate of drug-likeness (QED) is 0.775. The predicted octanol–water partition coefficient (Wildman–Crippen LogP) is 1.25. The van der Waals surface area contributed by atoms with Crippen LogP contribution in [0, 0.1) is 0 Å². The van der Waals surface area contributed by atoms with Gasteiger partial charge in [0.15, 0.2) is 5.69 Å². The van der Waals surface area contributed by atoms with E-state index in [0.29, 0.717) is 5.69 Å². The molecule has 7 nitrogen and oxygen atoms in total. The Balaban J connectivity index is 1.81. The van der Waals surface area contributed by atoms with Gasteiger partial charge >= 0.3 is 0 Å². The van der Waals surface area contributed by atoms with Crippen molar-refractivity contribution >= 4 is 11.6 Å². The fourth-order valence-electron chi connectivity index (χ4n) is 1.79. The maximum atomic E-state index is 12.0. The van der Waals surface area contributed by atoms with Gasteiger partial charge in [-0.15, -0.1) is 5.10 Å². The summed E-state index contributed by atoms with van der Waals surface area (Å²) in [7, 11) is 1.71. The number of amides is 1. The van der Waals surface area contributed by atoms with Crippen LogP contribution in [0.15, 0.2) is 48.9 Å². The summed E-state index contributed by atoms with van der Waals surface area (Å²) in [4.78, 5) is 12.0. The highest BCUT2D eigenvalue weighted by Crippen LogP contribution is 2.14. The number of aromatic nitrogens is 5. The molecule has 0 spiro atoms. The molecule has 0 radical (unpaired) electrons. The molecule has 0 fully saturated rings. The Morgan fingerprint density at radius 2 is 2.20 bits per heavy atom. The lowest BCUT2D eigenvalue weighted by Crippen LogP contribution is -2.12. The number of anilines is 1. The fourth-order valence-corrected chi connectivity index (χ4v) is 1.79. The summed E-state index contributed by atoms with van der Waals surface area (Å²) in [6, 6.07) is 9.24. The summed E-state index contributed by atoms with van der Waals surface area (Å²) in [5, 5.41) is 14.4. The summed E-state index contributed by atoms with van der Waals surface area (Å²) in [6.07, 6.45) is 5.10. The van der Waals surface area contributed by atoms with Crippen LogP contribution >= 0.6 is 0 Å². The average Bonchev–Trinajstić information content (AvgIpc) is 3.10. The molecule has 3 rings (SSSR count). The van der Waals surface area contributed by atoms with Crippen molar-refractivity contribution in [2.45, 2.75) is 0 Å². The lowest BCUT2D eigenvalue weighted by Gasteiger charge is -2.06. The molecule has 1 N–H and O–H groups in total. The van der Waals surface area contributed by atoms with E-state index in [4.69, 9.17) is 0 Å². The largest absolute Gasteiger partial charge is 0.320 e. The second-order valence-corrected chi connectivity index (χ2v) is 4.23. The van der Waals surface area contributed by atoms with Crippen LogP contribution in [0.1, 0.15) is 10.5 Å². The number of nitrogens with zero attached hydrogens (tertiary/aromatic N) is 5. The monoisotopic (exact) mass is 268 g/mol. The molecule has 0 aliphatic heterocycles. The average molecular weight is 268 g/mol. The van der Waals surface area contributed by atoms with E-state index in [9.17, 15) is 4.79 Å². The van der Waals surface area contributed by atoms with Gasteiger partial charge in [0.25, 0.3) is 5.91 Å². The van der Waals surface area contributed by atoms with Gasteiger partial charge in [0.05, 0.1) is 11.9 Å². The number of nitrogens with one attached hydrogen (secondary N) is 1. The van der Waals surface area contributed by atoms with Crippen LogP contribution < -0.4 is 5.32 Å². The van der Waals surface area contributed by atoms with E-state index in [2.05, 4.69) is 20.7 Å². The van der Waals surface area contributed by atoms with Crippen LogP contribution in [0.25, 0.3) is 5.69 Å². The second-order valence-electron chi connectivity index (χ2n) is 4.23. The maximum absolute atomic E-state index is 12.0. The number of benzene rings is 1. The van der Waals surface area contributed by atoms with Gasteiger partial charge in [0.1, 0.15) is 0 Å². The molecule has 1 amide bonds. The van der Waals surface area contributed by atoms with Crippen LogP contribution in [0.3, 0.4) is 0 Å². The van der Waals surface area contributed by atoms with E-state index < -0.39 is 0 Å². The number of carbonyl (C=O) groups excluding carboxylic acids is 1. The number of hydrogen-bond donors (Lipinski definition) is 1. The first kappa shape index (κ1) is 12.1.